The van der Waals surface area contributed by atoms with Gasteiger partial charge in [0.05, 0.1) is 18.4 Å². The smallest absolute Gasteiger partial charge is 0.308 e. The number of carboxylic acid groups (broad SMARTS) is 1. The van der Waals surface area contributed by atoms with Crippen molar-refractivity contribution >= 4 is 11.9 Å². The van der Waals surface area contributed by atoms with Crippen molar-refractivity contribution < 1.29 is 14.7 Å². The van der Waals surface area contributed by atoms with Crippen LogP contribution in [-0.4, -0.2) is 33.1 Å². The molecule has 1 aromatic rings. The van der Waals surface area contributed by atoms with Gasteiger partial charge >= 0.3 is 5.97 Å². The number of nitrogens with one attached hydrogen (secondary N) is 1. The molecule has 0 aliphatic heterocycles. The monoisotopic (exact) mass is 211 g/mol. The van der Waals surface area contributed by atoms with Gasteiger partial charge in [-0.3, -0.25) is 9.59 Å². The minimum atomic E-state index is -0.930. The van der Waals surface area contributed by atoms with Gasteiger partial charge in [0.2, 0.25) is 0 Å². The first kappa shape index (κ1) is 11.2. The Bertz CT molecular complexity index is 372. The molecular formula is C9H13N3O3. The molecule has 0 aliphatic carbocycles. The van der Waals surface area contributed by atoms with Gasteiger partial charge in [0.15, 0.2) is 0 Å². The molecule has 0 saturated carbocycles. The zero-order valence-electron chi connectivity index (χ0n) is 8.60. The van der Waals surface area contributed by atoms with Crippen molar-refractivity contribution in [3.05, 3.63) is 18.2 Å². The summed E-state index contributed by atoms with van der Waals surface area (Å²) >= 11 is 0. The minimum Gasteiger partial charge on any atom is -0.481 e. The third-order valence-corrected chi connectivity index (χ3v) is 2.04. The van der Waals surface area contributed by atoms with Crippen molar-refractivity contribution in [1.29, 1.82) is 0 Å². The average molecular weight is 211 g/mol. The molecule has 15 heavy (non-hydrogen) atoms. The number of rotatable bonds is 4. The molecule has 1 rings (SSSR count). The number of hydrogen-bond acceptors (Lipinski definition) is 3. The number of carboxylic acids is 1. The number of carbonyl (C=O) groups is 2. The predicted molar refractivity (Wildman–Crippen MR) is 52.3 cm³/mol. The van der Waals surface area contributed by atoms with Crippen LogP contribution in [0.25, 0.3) is 0 Å². The van der Waals surface area contributed by atoms with Crippen LogP contribution in [0.5, 0.6) is 0 Å². The van der Waals surface area contributed by atoms with Gasteiger partial charge in [-0.05, 0) is 0 Å². The molecule has 0 spiro atoms. The lowest BCUT2D eigenvalue weighted by molar-refractivity contribution is -0.140. The van der Waals surface area contributed by atoms with Gasteiger partial charge in [0.25, 0.3) is 5.91 Å². The lowest BCUT2D eigenvalue weighted by Crippen LogP contribution is -2.32. The van der Waals surface area contributed by atoms with E-state index in [1.54, 1.807) is 11.6 Å². The molecular weight excluding hydrogens is 198 g/mol. The molecule has 1 atom stereocenters. The van der Waals surface area contributed by atoms with Crippen LogP contribution in [0.1, 0.15) is 17.4 Å². The van der Waals surface area contributed by atoms with E-state index < -0.39 is 11.9 Å². The molecule has 0 fully saturated rings. The minimum absolute atomic E-state index is 0.110. The van der Waals surface area contributed by atoms with E-state index in [4.69, 9.17) is 5.11 Å². The fraction of sp³-hybridized carbons (Fsp3) is 0.444. The van der Waals surface area contributed by atoms with Gasteiger partial charge in [-0.25, -0.2) is 4.98 Å². The predicted octanol–water partition coefficient (Wildman–Crippen LogP) is -0.129. The van der Waals surface area contributed by atoms with Crippen LogP contribution < -0.4 is 5.32 Å². The summed E-state index contributed by atoms with van der Waals surface area (Å²) in [5, 5.41) is 11.1. The van der Waals surface area contributed by atoms with E-state index >= 15 is 0 Å². The van der Waals surface area contributed by atoms with Gasteiger partial charge in [-0.1, -0.05) is 6.92 Å². The Morgan fingerprint density at radius 2 is 2.33 bits per heavy atom. The summed E-state index contributed by atoms with van der Waals surface area (Å²) in [5.74, 6) is -1.84. The van der Waals surface area contributed by atoms with Crippen molar-refractivity contribution in [3.63, 3.8) is 0 Å². The molecule has 0 aromatic carbocycles. The number of aromatic nitrogens is 2. The van der Waals surface area contributed by atoms with E-state index in [-0.39, 0.29) is 12.5 Å². The Morgan fingerprint density at radius 1 is 1.67 bits per heavy atom. The maximum Gasteiger partial charge on any atom is 0.308 e. The summed E-state index contributed by atoms with van der Waals surface area (Å²) in [7, 11) is 1.70. The second kappa shape index (κ2) is 4.59. The molecule has 1 unspecified atom stereocenters. The zero-order chi connectivity index (χ0) is 11.4. The van der Waals surface area contributed by atoms with E-state index in [1.807, 2.05) is 0 Å². The van der Waals surface area contributed by atoms with Crippen LogP contribution in [0.15, 0.2) is 12.5 Å². The number of imidazole rings is 1. The van der Waals surface area contributed by atoms with E-state index in [1.165, 1.54) is 19.4 Å². The quantitative estimate of drug-likeness (QED) is 0.726. The maximum absolute atomic E-state index is 11.5. The molecule has 6 nitrogen and oxygen atoms in total. The number of carbonyl (C=O) groups excluding carboxylic acids is 1. The standard InChI is InChI=1S/C9H13N3O3/c1-6(9(14)15)3-11-8(13)7-4-10-5-12(7)2/h4-6H,3H2,1-2H3,(H,11,13)(H,14,15). The van der Waals surface area contributed by atoms with E-state index in [0.717, 1.165) is 0 Å². The van der Waals surface area contributed by atoms with Crippen molar-refractivity contribution in [3.8, 4) is 0 Å². The summed E-state index contributed by atoms with van der Waals surface area (Å²) in [5.41, 5.74) is 0.410. The lowest BCUT2D eigenvalue weighted by atomic mass is 10.2. The summed E-state index contributed by atoms with van der Waals surface area (Å²) in [6.45, 7) is 1.64. The van der Waals surface area contributed by atoms with Crippen LogP contribution in [0.2, 0.25) is 0 Å². The molecule has 0 aliphatic rings. The SMILES string of the molecule is CC(CNC(=O)c1cncn1C)C(=O)O. The topological polar surface area (TPSA) is 84.2 Å². The Hall–Kier alpha value is -1.85. The molecule has 1 aromatic heterocycles. The summed E-state index contributed by atoms with van der Waals surface area (Å²) in [4.78, 5) is 25.8. The van der Waals surface area contributed by atoms with Crippen LogP contribution >= 0.6 is 0 Å². The molecule has 82 valence electrons. The highest BCUT2D eigenvalue weighted by Crippen LogP contribution is 1.97. The molecule has 2 N–H and O–H groups in total. The Kier molecular flexibility index (Phi) is 3.43. The van der Waals surface area contributed by atoms with E-state index in [2.05, 4.69) is 10.3 Å². The fourth-order valence-corrected chi connectivity index (χ4v) is 1.000. The second-order valence-corrected chi connectivity index (χ2v) is 3.34. The lowest BCUT2D eigenvalue weighted by Gasteiger charge is -2.08. The van der Waals surface area contributed by atoms with E-state index in [9.17, 15) is 9.59 Å². The van der Waals surface area contributed by atoms with Crippen molar-refractivity contribution in [2.45, 2.75) is 6.92 Å². The van der Waals surface area contributed by atoms with Gasteiger partial charge < -0.3 is 15.0 Å². The molecule has 1 heterocycles. The fourth-order valence-electron chi connectivity index (χ4n) is 1.000. The molecule has 6 heteroatoms. The number of nitrogens with zero attached hydrogens (tertiary/aromatic N) is 2. The molecule has 0 saturated heterocycles. The Labute approximate surface area is 86.9 Å². The molecule has 1 amide bonds. The third kappa shape index (κ3) is 2.80. The highest BCUT2D eigenvalue weighted by molar-refractivity contribution is 5.92. The number of aliphatic carboxylic acids is 1. The first-order valence-corrected chi connectivity index (χ1v) is 4.49. The number of amides is 1. The van der Waals surface area contributed by atoms with Gasteiger partial charge in [-0.15, -0.1) is 0 Å². The highest BCUT2D eigenvalue weighted by atomic mass is 16.4. The van der Waals surface area contributed by atoms with Crippen molar-refractivity contribution in [1.82, 2.24) is 14.9 Å². The van der Waals surface area contributed by atoms with Crippen LogP contribution in [0.4, 0.5) is 0 Å². The van der Waals surface area contributed by atoms with Crippen molar-refractivity contribution in [2.75, 3.05) is 6.54 Å². The van der Waals surface area contributed by atoms with Gasteiger partial charge in [-0.2, -0.15) is 0 Å². The normalized spacial score (nSPS) is 12.1. The second-order valence-electron chi connectivity index (χ2n) is 3.34. The third-order valence-electron chi connectivity index (χ3n) is 2.04. The Morgan fingerprint density at radius 3 is 2.80 bits per heavy atom. The van der Waals surface area contributed by atoms with Crippen molar-refractivity contribution in [2.24, 2.45) is 13.0 Å². The maximum atomic E-state index is 11.5. The van der Waals surface area contributed by atoms with Crippen LogP contribution in [0.3, 0.4) is 0 Å². The Balaban J connectivity index is 2.51. The van der Waals surface area contributed by atoms with Gasteiger partial charge in [0, 0.05) is 13.6 Å². The number of aryl methyl sites for hydroxylation is 1. The summed E-state index contributed by atoms with van der Waals surface area (Å²) in [6, 6.07) is 0. The largest absolute Gasteiger partial charge is 0.481 e. The first-order chi connectivity index (χ1) is 7.02. The van der Waals surface area contributed by atoms with Crippen LogP contribution in [0, 0.1) is 5.92 Å². The van der Waals surface area contributed by atoms with E-state index in [0.29, 0.717) is 5.69 Å². The first-order valence-electron chi connectivity index (χ1n) is 4.49. The molecule has 0 radical (unpaired) electrons. The summed E-state index contributed by atoms with van der Waals surface area (Å²) in [6.07, 6.45) is 2.94. The number of hydrogen-bond donors (Lipinski definition) is 2. The summed E-state index contributed by atoms with van der Waals surface area (Å²) < 4.78 is 1.57. The molecule has 0 bridgehead atoms. The highest BCUT2D eigenvalue weighted by Gasteiger charge is 2.14. The average Bonchev–Trinajstić information content (AvgIpc) is 2.60. The zero-order valence-corrected chi connectivity index (χ0v) is 8.60. The van der Waals surface area contributed by atoms with Gasteiger partial charge in [0.1, 0.15) is 5.69 Å². The van der Waals surface area contributed by atoms with Crippen LogP contribution in [-0.2, 0) is 11.8 Å².